The van der Waals surface area contributed by atoms with Crippen LogP contribution in [0.2, 0.25) is 0 Å². The first-order valence-corrected chi connectivity index (χ1v) is 6.42. The van der Waals surface area contributed by atoms with Crippen LogP contribution in [0.3, 0.4) is 0 Å². The molecule has 0 spiro atoms. The van der Waals surface area contributed by atoms with E-state index in [1.165, 1.54) is 12.3 Å². The molecule has 7 heteroatoms. The van der Waals surface area contributed by atoms with E-state index < -0.39 is 10.9 Å². The second-order valence-electron chi connectivity index (χ2n) is 4.88. The number of fused-ring (bicyclic) bond motifs is 1. The smallest absolute Gasteiger partial charge is 0.323 e. The van der Waals surface area contributed by atoms with Crippen molar-refractivity contribution in [2.45, 2.75) is 19.9 Å². The van der Waals surface area contributed by atoms with Crippen LogP contribution in [0.4, 0.5) is 11.4 Å². The van der Waals surface area contributed by atoms with Crippen molar-refractivity contribution < 1.29 is 14.8 Å². The number of anilines is 1. The molecule has 0 aliphatic rings. The van der Waals surface area contributed by atoms with Crippen LogP contribution in [0.5, 0.6) is 0 Å². The first kappa shape index (κ1) is 14.7. The lowest BCUT2D eigenvalue weighted by molar-refractivity contribution is -0.383. The summed E-state index contributed by atoms with van der Waals surface area (Å²) in [5.41, 5.74) is 0.969. The molecule has 0 unspecified atom stereocenters. The van der Waals surface area contributed by atoms with E-state index in [4.69, 9.17) is 5.11 Å². The molecule has 1 aromatic heterocycles. The minimum absolute atomic E-state index is 0.0409. The fourth-order valence-electron chi connectivity index (χ4n) is 2.23. The van der Waals surface area contributed by atoms with E-state index in [1.807, 2.05) is 13.8 Å². The van der Waals surface area contributed by atoms with Gasteiger partial charge in [0.15, 0.2) is 0 Å². The summed E-state index contributed by atoms with van der Waals surface area (Å²) in [6.45, 7) is 3.53. The van der Waals surface area contributed by atoms with Crippen LogP contribution >= 0.6 is 0 Å². The average Bonchev–Trinajstić information content (AvgIpc) is 2.43. The Morgan fingerprint density at radius 2 is 2.14 bits per heavy atom. The zero-order valence-electron chi connectivity index (χ0n) is 11.7. The molecule has 0 bridgehead atoms. The Morgan fingerprint density at radius 3 is 2.71 bits per heavy atom. The van der Waals surface area contributed by atoms with Crippen LogP contribution in [0.25, 0.3) is 10.9 Å². The maximum atomic E-state index is 11.1. The Kier molecular flexibility index (Phi) is 4.02. The number of carboxylic acid groups (broad SMARTS) is 1. The van der Waals surface area contributed by atoms with Crippen LogP contribution < -0.4 is 4.90 Å². The van der Waals surface area contributed by atoms with Crippen molar-refractivity contribution in [2.75, 3.05) is 11.4 Å². The minimum atomic E-state index is -0.967. The zero-order chi connectivity index (χ0) is 15.6. The van der Waals surface area contributed by atoms with Crippen molar-refractivity contribution in [1.82, 2.24) is 4.98 Å². The lowest BCUT2D eigenvalue weighted by Crippen LogP contribution is -2.35. The van der Waals surface area contributed by atoms with Crippen molar-refractivity contribution in [3.05, 3.63) is 40.6 Å². The lowest BCUT2D eigenvalue weighted by Gasteiger charge is -2.27. The van der Waals surface area contributed by atoms with Crippen molar-refractivity contribution in [1.29, 1.82) is 0 Å². The quantitative estimate of drug-likeness (QED) is 0.670. The molecule has 0 atom stereocenters. The predicted octanol–water partition coefficient (Wildman–Crippen LogP) is 2.44. The third kappa shape index (κ3) is 2.91. The van der Waals surface area contributed by atoms with E-state index in [-0.39, 0.29) is 18.3 Å². The molecule has 0 saturated heterocycles. The van der Waals surface area contributed by atoms with Gasteiger partial charge in [0.2, 0.25) is 0 Å². The number of nitro benzene ring substituents is 1. The highest BCUT2D eigenvalue weighted by molar-refractivity contribution is 5.97. The number of nitrogens with zero attached hydrogens (tertiary/aromatic N) is 3. The van der Waals surface area contributed by atoms with Gasteiger partial charge in [0, 0.05) is 18.3 Å². The summed E-state index contributed by atoms with van der Waals surface area (Å²) in [5, 5.41) is 20.5. The van der Waals surface area contributed by atoms with Crippen LogP contribution in [-0.2, 0) is 4.79 Å². The summed E-state index contributed by atoms with van der Waals surface area (Å²) in [6, 6.07) is 6.10. The number of hydrogen-bond acceptors (Lipinski definition) is 5. The number of non-ortho nitro benzene ring substituents is 1. The van der Waals surface area contributed by atoms with Gasteiger partial charge in [-0.3, -0.25) is 19.9 Å². The second-order valence-corrected chi connectivity index (χ2v) is 4.88. The molecular formula is C14H15N3O4. The Bertz CT molecular complexity index is 700. The van der Waals surface area contributed by atoms with Gasteiger partial charge in [0.05, 0.1) is 16.0 Å². The van der Waals surface area contributed by atoms with Gasteiger partial charge < -0.3 is 10.0 Å². The molecule has 0 amide bonds. The largest absolute Gasteiger partial charge is 0.480 e. The van der Waals surface area contributed by atoms with Crippen molar-refractivity contribution >= 4 is 28.2 Å². The molecule has 0 fully saturated rings. The molecule has 21 heavy (non-hydrogen) atoms. The van der Waals surface area contributed by atoms with Gasteiger partial charge in [-0.2, -0.15) is 0 Å². The Hall–Kier alpha value is -2.70. The molecule has 0 aliphatic heterocycles. The third-order valence-corrected chi connectivity index (χ3v) is 3.16. The molecule has 0 saturated carbocycles. The van der Waals surface area contributed by atoms with Crippen LogP contribution in [-0.4, -0.2) is 33.6 Å². The Labute approximate surface area is 121 Å². The lowest BCUT2D eigenvalue weighted by atomic mass is 10.1. The van der Waals surface area contributed by atoms with Crippen LogP contribution in [0, 0.1) is 10.1 Å². The molecule has 2 rings (SSSR count). The van der Waals surface area contributed by atoms with E-state index >= 15 is 0 Å². The summed E-state index contributed by atoms with van der Waals surface area (Å²) >= 11 is 0. The number of aromatic nitrogens is 1. The normalized spacial score (nSPS) is 10.8. The molecule has 110 valence electrons. The van der Waals surface area contributed by atoms with Gasteiger partial charge in [-0.05, 0) is 32.0 Å². The van der Waals surface area contributed by atoms with Crippen molar-refractivity contribution in [2.24, 2.45) is 0 Å². The summed E-state index contributed by atoms with van der Waals surface area (Å²) in [4.78, 5) is 27.5. The highest BCUT2D eigenvalue weighted by atomic mass is 16.6. The van der Waals surface area contributed by atoms with Crippen LogP contribution in [0.15, 0.2) is 30.5 Å². The van der Waals surface area contributed by atoms with Crippen molar-refractivity contribution in [3.63, 3.8) is 0 Å². The molecule has 0 aliphatic carbocycles. The monoisotopic (exact) mass is 289 g/mol. The minimum Gasteiger partial charge on any atom is -0.480 e. The number of hydrogen-bond donors (Lipinski definition) is 1. The van der Waals surface area contributed by atoms with Gasteiger partial charge >= 0.3 is 5.97 Å². The summed E-state index contributed by atoms with van der Waals surface area (Å²) in [7, 11) is 0. The number of pyridine rings is 1. The van der Waals surface area contributed by atoms with E-state index in [2.05, 4.69) is 4.98 Å². The number of carboxylic acids is 1. The Morgan fingerprint density at radius 1 is 1.43 bits per heavy atom. The highest BCUT2D eigenvalue weighted by Gasteiger charge is 2.21. The highest BCUT2D eigenvalue weighted by Crippen LogP contribution is 2.32. The molecule has 1 N–H and O–H groups in total. The fraction of sp³-hybridized carbons (Fsp3) is 0.286. The maximum Gasteiger partial charge on any atom is 0.323 e. The number of nitro groups is 1. The second kappa shape index (κ2) is 5.74. The maximum absolute atomic E-state index is 11.1. The van der Waals surface area contributed by atoms with E-state index in [0.29, 0.717) is 16.6 Å². The number of aliphatic carboxylic acids is 1. The fourth-order valence-corrected chi connectivity index (χ4v) is 2.23. The topological polar surface area (TPSA) is 96.6 Å². The zero-order valence-corrected chi connectivity index (χ0v) is 11.7. The van der Waals surface area contributed by atoms with Crippen molar-refractivity contribution in [3.8, 4) is 0 Å². The molecular weight excluding hydrogens is 274 g/mol. The molecule has 1 heterocycles. The first-order valence-electron chi connectivity index (χ1n) is 6.42. The summed E-state index contributed by atoms with van der Waals surface area (Å²) in [6.07, 6.45) is 1.54. The first-order chi connectivity index (χ1) is 9.91. The van der Waals surface area contributed by atoms with Crippen LogP contribution in [0.1, 0.15) is 13.8 Å². The Balaban J connectivity index is 2.66. The van der Waals surface area contributed by atoms with Gasteiger partial charge in [-0.25, -0.2) is 0 Å². The van der Waals surface area contributed by atoms with E-state index in [0.717, 1.165) is 0 Å². The standard InChI is InChI=1S/C14H15N3O4/c1-9(2)16(8-13(18)19)12-6-5-11(17(20)21)10-4-3-7-15-14(10)12/h3-7,9H,8H2,1-2H3,(H,18,19). The van der Waals surface area contributed by atoms with Gasteiger partial charge in [-0.15, -0.1) is 0 Å². The predicted molar refractivity (Wildman–Crippen MR) is 78.5 cm³/mol. The van der Waals surface area contributed by atoms with E-state index in [9.17, 15) is 14.9 Å². The molecule has 0 radical (unpaired) electrons. The molecule has 2 aromatic rings. The van der Waals surface area contributed by atoms with Gasteiger partial charge in [-0.1, -0.05) is 0 Å². The van der Waals surface area contributed by atoms with Gasteiger partial charge in [0.1, 0.15) is 12.1 Å². The number of carbonyl (C=O) groups is 1. The number of benzene rings is 1. The van der Waals surface area contributed by atoms with E-state index in [1.54, 1.807) is 23.1 Å². The number of rotatable bonds is 5. The third-order valence-electron chi connectivity index (χ3n) is 3.16. The van der Waals surface area contributed by atoms with Gasteiger partial charge in [0.25, 0.3) is 5.69 Å². The summed E-state index contributed by atoms with van der Waals surface area (Å²) < 4.78 is 0. The average molecular weight is 289 g/mol. The summed E-state index contributed by atoms with van der Waals surface area (Å²) in [5.74, 6) is -0.967. The molecule has 1 aromatic carbocycles. The molecule has 7 nitrogen and oxygen atoms in total. The SMILES string of the molecule is CC(C)N(CC(=O)O)c1ccc([N+](=O)[O-])c2cccnc12.